The van der Waals surface area contributed by atoms with Gasteiger partial charge in [-0.25, -0.2) is 9.37 Å². The number of rotatable bonds is 4. The molecule has 0 N–H and O–H groups in total. The summed E-state index contributed by atoms with van der Waals surface area (Å²) >= 11 is 1.57. The summed E-state index contributed by atoms with van der Waals surface area (Å²) in [5.74, 6) is -0.407. The van der Waals surface area contributed by atoms with Crippen LogP contribution in [0.15, 0.2) is 61.1 Å². The molecule has 128 valence electrons. The molecule has 0 saturated heterocycles. The molecule has 0 radical (unpaired) electrons. The Hall–Kier alpha value is -3.12. The molecule has 4 aromatic rings. The highest BCUT2D eigenvalue weighted by atomic mass is 32.1. The highest BCUT2D eigenvalue weighted by Crippen LogP contribution is 2.29. The van der Waals surface area contributed by atoms with Gasteiger partial charge in [-0.2, -0.15) is 0 Å². The number of fused-ring (bicyclic) bond motifs is 1. The minimum Gasteiger partial charge on any atom is -0.290 e. The van der Waals surface area contributed by atoms with Gasteiger partial charge < -0.3 is 0 Å². The van der Waals surface area contributed by atoms with Crippen molar-refractivity contribution in [2.24, 2.45) is 0 Å². The molecule has 4 rings (SSSR count). The van der Waals surface area contributed by atoms with Gasteiger partial charge in [0.25, 0.3) is 0 Å². The number of ketones is 1. The van der Waals surface area contributed by atoms with E-state index in [-0.39, 0.29) is 11.6 Å². The number of carbonyl (C=O) groups is 1. The Kier molecular flexibility index (Phi) is 4.18. The van der Waals surface area contributed by atoms with Crippen LogP contribution >= 0.6 is 11.3 Å². The molecule has 26 heavy (non-hydrogen) atoms. The Morgan fingerprint density at radius 1 is 1.15 bits per heavy atom. The van der Waals surface area contributed by atoms with E-state index in [0.717, 1.165) is 26.8 Å². The Balaban J connectivity index is 1.79. The standard InChI is InChI=1S/C20H14FN3OS/c1-13-12-24-17(6-7-18(25)14-8-10-22-11-9-14)19(23-20(24)26-13)15-2-4-16(21)5-3-15/h2-12H,1H3. The molecule has 0 amide bonds. The molecule has 3 aromatic heterocycles. The molecule has 0 unspecified atom stereocenters. The minimum atomic E-state index is -0.296. The van der Waals surface area contributed by atoms with Gasteiger partial charge in [-0.1, -0.05) is 0 Å². The molecule has 0 bridgehead atoms. The van der Waals surface area contributed by atoms with Crippen LogP contribution in [0.3, 0.4) is 0 Å². The van der Waals surface area contributed by atoms with Gasteiger partial charge in [-0.15, -0.1) is 11.3 Å². The third kappa shape index (κ3) is 3.07. The van der Waals surface area contributed by atoms with E-state index in [0.29, 0.717) is 5.56 Å². The fourth-order valence-electron chi connectivity index (χ4n) is 2.72. The van der Waals surface area contributed by atoms with Crippen molar-refractivity contribution in [3.63, 3.8) is 0 Å². The number of aryl methyl sites for hydroxylation is 1. The first kappa shape index (κ1) is 16.4. The lowest BCUT2D eigenvalue weighted by Crippen LogP contribution is -1.94. The average Bonchev–Trinajstić information content (AvgIpc) is 3.17. The van der Waals surface area contributed by atoms with Crippen molar-refractivity contribution in [3.05, 3.63) is 83.0 Å². The zero-order chi connectivity index (χ0) is 18.1. The van der Waals surface area contributed by atoms with Crippen LogP contribution in [0.25, 0.3) is 22.3 Å². The molecule has 1 aromatic carbocycles. The average molecular weight is 363 g/mol. The predicted octanol–water partition coefficient (Wildman–Crippen LogP) is 4.80. The number of aromatic nitrogens is 3. The van der Waals surface area contributed by atoms with Gasteiger partial charge in [0, 0.05) is 34.6 Å². The van der Waals surface area contributed by atoms with Crippen molar-refractivity contribution in [3.8, 4) is 11.3 Å². The first-order chi connectivity index (χ1) is 12.6. The quantitative estimate of drug-likeness (QED) is 0.386. The number of hydrogen-bond donors (Lipinski definition) is 0. The van der Waals surface area contributed by atoms with Crippen LogP contribution in [-0.4, -0.2) is 20.2 Å². The van der Waals surface area contributed by atoms with Crippen molar-refractivity contribution in [2.75, 3.05) is 0 Å². The third-order valence-corrected chi connectivity index (χ3v) is 4.85. The fourth-order valence-corrected chi connectivity index (χ4v) is 3.55. The maximum atomic E-state index is 13.3. The molecular weight excluding hydrogens is 349 g/mol. The van der Waals surface area contributed by atoms with Crippen LogP contribution in [0.5, 0.6) is 0 Å². The molecule has 0 aliphatic heterocycles. The van der Waals surface area contributed by atoms with Crippen molar-refractivity contribution in [2.45, 2.75) is 6.92 Å². The van der Waals surface area contributed by atoms with Gasteiger partial charge in [-0.05, 0) is 55.5 Å². The van der Waals surface area contributed by atoms with Crippen molar-refractivity contribution in [1.29, 1.82) is 0 Å². The van der Waals surface area contributed by atoms with Gasteiger partial charge in [0.1, 0.15) is 5.82 Å². The molecule has 0 atom stereocenters. The molecule has 0 aliphatic carbocycles. The second-order valence-corrected chi connectivity index (χ2v) is 6.99. The van der Waals surface area contributed by atoms with Gasteiger partial charge in [0.15, 0.2) is 10.7 Å². The van der Waals surface area contributed by atoms with Crippen LogP contribution in [0.4, 0.5) is 4.39 Å². The van der Waals surface area contributed by atoms with E-state index < -0.39 is 0 Å². The number of benzene rings is 1. The van der Waals surface area contributed by atoms with Gasteiger partial charge in [0.05, 0.1) is 11.4 Å². The summed E-state index contributed by atoms with van der Waals surface area (Å²) in [5, 5.41) is 0. The Bertz CT molecular complexity index is 1110. The number of nitrogens with zero attached hydrogens (tertiary/aromatic N) is 3. The van der Waals surface area contributed by atoms with Gasteiger partial charge >= 0.3 is 0 Å². The van der Waals surface area contributed by atoms with E-state index in [1.165, 1.54) is 18.2 Å². The number of halogens is 1. The fraction of sp³-hybridized carbons (Fsp3) is 0.0500. The Morgan fingerprint density at radius 3 is 2.62 bits per heavy atom. The predicted molar refractivity (Wildman–Crippen MR) is 101 cm³/mol. The lowest BCUT2D eigenvalue weighted by Gasteiger charge is -2.01. The molecule has 6 heteroatoms. The monoisotopic (exact) mass is 363 g/mol. The van der Waals surface area contributed by atoms with Crippen molar-refractivity contribution < 1.29 is 9.18 Å². The summed E-state index contributed by atoms with van der Waals surface area (Å²) in [6.07, 6.45) is 8.44. The summed E-state index contributed by atoms with van der Waals surface area (Å²) < 4.78 is 15.2. The molecule has 3 heterocycles. The maximum Gasteiger partial charge on any atom is 0.194 e. The number of allylic oxidation sites excluding steroid dienone is 1. The number of thiazole rings is 1. The number of carbonyl (C=O) groups excluding carboxylic acids is 1. The van der Waals surface area contributed by atoms with Gasteiger partial charge in [0.2, 0.25) is 0 Å². The first-order valence-electron chi connectivity index (χ1n) is 7.99. The van der Waals surface area contributed by atoms with Crippen molar-refractivity contribution >= 4 is 28.2 Å². The zero-order valence-electron chi connectivity index (χ0n) is 13.9. The molecule has 0 spiro atoms. The Morgan fingerprint density at radius 2 is 1.88 bits per heavy atom. The minimum absolute atomic E-state index is 0.112. The summed E-state index contributed by atoms with van der Waals surface area (Å²) in [6, 6.07) is 9.54. The molecular formula is C20H14FN3OS. The summed E-state index contributed by atoms with van der Waals surface area (Å²) in [7, 11) is 0. The summed E-state index contributed by atoms with van der Waals surface area (Å²) in [5.41, 5.74) is 2.88. The third-order valence-electron chi connectivity index (χ3n) is 3.95. The second kappa shape index (κ2) is 6.65. The van der Waals surface area contributed by atoms with Crippen LogP contribution in [0.2, 0.25) is 0 Å². The summed E-state index contributed by atoms with van der Waals surface area (Å²) in [4.78, 5) is 22.9. The maximum absolute atomic E-state index is 13.3. The lowest BCUT2D eigenvalue weighted by molar-refractivity contribution is 0.104. The van der Waals surface area contributed by atoms with Crippen LogP contribution in [-0.2, 0) is 0 Å². The van der Waals surface area contributed by atoms with E-state index >= 15 is 0 Å². The first-order valence-corrected chi connectivity index (χ1v) is 8.80. The molecule has 0 fully saturated rings. The molecule has 0 aliphatic rings. The number of hydrogen-bond acceptors (Lipinski definition) is 4. The van der Waals surface area contributed by atoms with Crippen LogP contribution < -0.4 is 0 Å². The second-order valence-electron chi connectivity index (χ2n) is 5.78. The van der Waals surface area contributed by atoms with E-state index in [4.69, 9.17) is 0 Å². The van der Waals surface area contributed by atoms with E-state index in [1.807, 2.05) is 17.5 Å². The smallest absolute Gasteiger partial charge is 0.194 e. The van der Waals surface area contributed by atoms with E-state index in [1.54, 1.807) is 54.1 Å². The highest BCUT2D eigenvalue weighted by molar-refractivity contribution is 7.17. The highest BCUT2D eigenvalue weighted by Gasteiger charge is 2.14. The number of pyridine rings is 1. The van der Waals surface area contributed by atoms with Crippen LogP contribution in [0, 0.1) is 12.7 Å². The largest absolute Gasteiger partial charge is 0.290 e. The number of imidazole rings is 1. The Labute approximate surface area is 153 Å². The van der Waals surface area contributed by atoms with Gasteiger partial charge in [-0.3, -0.25) is 14.2 Å². The summed E-state index contributed by atoms with van der Waals surface area (Å²) in [6.45, 7) is 2.01. The van der Waals surface area contributed by atoms with Crippen LogP contribution in [0.1, 0.15) is 20.9 Å². The van der Waals surface area contributed by atoms with E-state index in [2.05, 4.69) is 9.97 Å². The SMILES string of the molecule is Cc1cn2c(C=CC(=O)c3ccncc3)c(-c3ccc(F)cc3)nc2s1. The zero-order valence-corrected chi connectivity index (χ0v) is 14.7. The normalized spacial score (nSPS) is 11.5. The molecule has 4 nitrogen and oxygen atoms in total. The lowest BCUT2D eigenvalue weighted by atomic mass is 10.1. The van der Waals surface area contributed by atoms with Crippen molar-refractivity contribution in [1.82, 2.24) is 14.4 Å². The van der Waals surface area contributed by atoms with E-state index in [9.17, 15) is 9.18 Å². The topological polar surface area (TPSA) is 47.3 Å². The molecule has 0 saturated carbocycles.